The van der Waals surface area contributed by atoms with Crippen LogP contribution in [0, 0.1) is 0 Å². The molecule has 0 aromatic heterocycles. The van der Waals surface area contributed by atoms with Gasteiger partial charge in [-0.05, 0) is 0 Å². The van der Waals surface area contributed by atoms with Gasteiger partial charge in [-0.1, -0.05) is 0 Å². The Morgan fingerprint density at radius 2 is 0.682 bits per heavy atom. The fourth-order valence-corrected chi connectivity index (χ4v) is 32.6. The number of ether oxygens (including phenoxy) is 2. The molecule has 0 aliphatic heterocycles. The van der Waals surface area contributed by atoms with Crippen LogP contribution >= 0.6 is 24.8 Å². The van der Waals surface area contributed by atoms with Crippen molar-refractivity contribution in [3.8, 4) is 33.8 Å². The summed E-state index contributed by atoms with van der Waals surface area (Å²) in [5.74, 6) is 2.03. The summed E-state index contributed by atoms with van der Waals surface area (Å²) in [6, 6.07) is 19.9. The molecule has 4 aromatic rings. The van der Waals surface area contributed by atoms with E-state index in [2.05, 4.69) is 215 Å². The van der Waals surface area contributed by atoms with Crippen LogP contribution in [0.5, 0.6) is 11.5 Å². The van der Waals surface area contributed by atoms with Crippen molar-refractivity contribution in [3.63, 3.8) is 0 Å². The Balaban J connectivity index is 0.00000476. The fourth-order valence-electron chi connectivity index (χ4n) is 11.4. The van der Waals surface area contributed by atoms with Crippen LogP contribution in [-0.2, 0) is 49.9 Å². The van der Waals surface area contributed by atoms with E-state index >= 15 is 0 Å². The van der Waals surface area contributed by atoms with E-state index in [0.29, 0.717) is 7.25 Å². The van der Waals surface area contributed by atoms with E-state index in [1.165, 1.54) is 89.0 Å². The van der Waals surface area contributed by atoms with Gasteiger partial charge in [-0.2, -0.15) is 0 Å². The summed E-state index contributed by atoms with van der Waals surface area (Å²) >= 11 is -4.10. The molecule has 0 N–H and O–H groups in total. The smallest absolute Gasteiger partial charge is 0.147 e. The molecule has 2 aliphatic rings. The quantitative estimate of drug-likeness (QED) is 0.179. The zero-order valence-corrected chi connectivity index (χ0v) is 51.3. The van der Waals surface area contributed by atoms with Crippen molar-refractivity contribution >= 4 is 43.8 Å². The molecular formula is C60H88Cl2O2SiZr. The third-order valence-electron chi connectivity index (χ3n) is 14.8. The van der Waals surface area contributed by atoms with Gasteiger partial charge in [0.2, 0.25) is 0 Å². The summed E-state index contributed by atoms with van der Waals surface area (Å²) in [6.45, 7) is 49.6. The molecule has 0 spiro atoms. The summed E-state index contributed by atoms with van der Waals surface area (Å²) in [4.78, 5) is 0. The maximum Gasteiger partial charge on any atom is -0.147 e. The minimum Gasteiger partial charge on any atom is -0.147 e. The summed E-state index contributed by atoms with van der Waals surface area (Å²) in [5, 5.41) is 0. The van der Waals surface area contributed by atoms with Crippen LogP contribution in [0.4, 0.5) is 0 Å². The molecule has 0 saturated heterocycles. The van der Waals surface area contributed by atoms with Crippen molar-refractivity contribution < 1.29 is 26.9 Å². The number of hydrogen-bond acceptors (Lipinski definition) is 2. The van der Waals surface area contributed by atoms with Crippen LogP contribution in [0.2, 0.25) is 9.26 Å². The van der Waals surface area contributed by atoms with Crippen molar-refractivity contribution in [3.05, 3.63) is 115 Å². The zero-order chi connectivity index (χ0) is 48.5. The zero-order valence-electron chi connectivity index (χ0n) is 45.8. The van der Waals surface area contributed by atoms with E-state index in [9.17, 15) is 0 Å². The van der Waals surface area contributed by atoms with Crippen LogP contribution in [0.1, 0.15) is 201 Å². The molecule has 0 fully saturated rings. The van der Waals surface area contributed by atoms with E-state index in [-0.39, 0.29) is 57.3 Å². The number of fused-ring (bicyclic) bond motifs is 2. The average molecular weight is 1030 g/mol. The molecule has 362 valence electrons. The van der Waals surface area contributed by atoms with Crippen molar-refractivity contribution in [1.29, 1.82) is 0 Å². The second-order valence-electron chi connectivity index (χ2n) is 27.3. The molecule has 6 heteroatoms. The second-order valence-corrected chi connectivity index (χ2v) is 57.8. The maximum atomic E-state index is 6.63. The minimum absolute atomic E-state index is 0. The predicted molar refractivity (Wildman–Crippen MR) is 297 cm³/mol. The first-order chi connectivity index (χ1) is 28.8. The standard InChI is InChI=1S/2C29H39O.2CH3.2ClH.H2Si.Zr/c2*1-18-12-19-16-24(29(8,9)10)26(30-11)25(23(19)13-18)20-14-21(27(2,3)4)17-22(15-20)28(5,6)7;;;;;;/h2*12-17H,1-11H3;2*1H3;2*1H;1H2;. The molecule has 0 heterocycles. The van der Waals surface area contributed by atoms with Crippen LogP contribution in [0.15, 0.2) is 59.7 Å². The van der Waals surface area contributed by atoms with Crippen molar-refractivity contribution in [2.75, 3.05) is 14.2 Å². The third-order valence-corrected chi connectivity index (χ3v) is 32.7. The maximum absolute atomic E-state index is 6.63. The third kappa shape index (κ3) is 10.1. The molecule has 4 aromatic carbocycles. The van der Waals surface area contributed by atoms with Gasteiger partial charge >= 0.3 is 397 Å². The Morgan fingerprint density at radius 3 is 0.894 bits per heavy atom. The van der Waals surface area contributed by atoms with Crippen molar-refractivity contribution in [2.45, 2.75) is 187 Å². The van der Waals surface area contributed by atoms with Gasteiger partial charge in [-0.25, -0.2) is 0 Å². The summed E-state index contributed by atoms with van der Waals surface area (Å²) in [7, 11) is 3.77. The van der Waals surface area contributed by atoms with Gasteiger partial charge in [0.25, 0.3) is 0 Å². The number of methoxy groups -OCH3 is 2. The molecule has 6 rings (SSSR count). The van der Waals surface area contributed by atoms with Gasteiger partial charge in [0.15, 0.2) is 0 Å². The molecule has 2 unspecified atom stereocenters. The molecule has 0 bridgehead atoms. The van der Waals surface area contributed by atoms with Crippen LogP contribution < -0.4 is 9.47 Å². The Kier molecular flexibility index (Phi) is 15.2. The van der Waals surface area contributed by atoms with Gasteiger partial charge < -0.3 is 0 Å². The molecular weight excluding hydrogens is 943 g/mol. The van der Waals surface area contributed by atoms with Crippen molar-refractivity contribution in [2.24, 2.45) is 0 Å². The number of halogens is 2. The first kappa shape index (κ1) is 56.2. The van der Waals surface area contributed by atoms with Gasteiger partial charge in [0, 0.05) is 0 Å². The van der Waals surface area contributed by atoms with Gasteiger partial charge in [0.05, 0.1) is 0 Å². The SMILES string of the molecule is COc1c(C(C)(C)C)cc2c(c1-c1cc(C(C)(C)C)cc(C(C)(C)C)c1)C=C(C)[CH]2[Zr]([CH3])([CH3])(=[SiH2])[CH]1C(C)=Cc2c1cc(C(C)(C)C)c(OC)c2-c1cc(C(C)(C)C)cc(C(C)(C)C)c1.Cl.Cl. The molecule has 2 nitrogen and oxygen atoms in total. The Morgan fingerprint density at radius 1 is 0.424 bits per heavy atom. The molecule has 2 atom stereocenters. The topological polar surface area (TPSA) is 18.5 Å². The van der Waals surface area contributed by atoms with Gasteiger partial charge in [0.1, 0.15) is 0 Å². The Bertz CT molecular complexity index is 2440. The van der Waals surface area contributed by atoms with Crippen LogP contribution in [0.3, 0.4) is 0 Å². The second kappa shape index (κ2) is 17.8. The normalized spacial score (nSPS) is 17.0. The largest absolute Gasteiger partial charge is 0.147 e. The molecule has 2 aliphatic carbocycles. The van der Waals surface area contributed by atoms with E-state index in [1.54, 1.807) is 0 Å². The summed E-state index contributed by atoms with van der Waals surface area (Å²) < 4.78 is 19.5. The average Bonchev–Trinajstić information content (AvgIpc) is 3.66. The van der Waals surface area contributed by atoms with E-state index in [4.69, 9.17) is 9.47 Å². The number of allylic oxidation sites excluding steroid dienone is 2. The number of benzene rings is 4. The van der Waals surface area contributed by atoms with E-state index in [1.807, 2.05) is 14.2 Å². The first-order valence-electron chi connectivity index (χ1n) is 24.1. The summed E-state index contributed by atoms with van der Waals surface area (Å²) in [5.41, 5.74) is 21.5. The van der Waals surface area contributed by atoms with E-state index in [0.717, 1.165) is 11.5 Å². The first-order valence-corrected chi connectivity index (χ1v) is 37.8. The van der Waals surface area contributed by atoms with Gasteiger partial charge in [-0.15, -0.1) is 24.8 Å². The molecule has 0 radical (unpaired) electrons. The molecule has 66 heavy (non-hydrogen) atoms. The minimum atomic E-state index is -4.10. The Hall–Kier alpha value is -2.36. The van der Waals surface area contributed by atoms with Crippen LogP contribution in [0.25, 0.3) is 34.4 Å². The fraction of sp³-hybridized carbons (Fsp3) is 0.533. The molecule has 0 saturated carbocycles. The monoisotopic (exact) mass is 1030 g/mol. The molecule has 0 amide bonds. The summed E-state index contributed by atoms with van der Waals surface area (Å²) in [6.07, 6.45) is 5.14. The van der Waals surface area contributed by atoms with Crippen molar-refractivity contribution in [1.82, 2.24) is 0 Å². The Labute approximate surface area is 418 Å². The van der Waals surface area contributed by atoms with Gasteiger partial charge in [-0.3, -0.25) is 0 Å². The van der Waals surface area contributed by atoms with Crippen LogP contribution in [-0.4, -0.2) is 21.1 Å². The predicted octanol–water partition coefficient (Wildman–Crippen LogP) is 17.6. The number of hydrogen-bond donors (Lipinski definition) is 0. The number of rotatable bonds is 6. The van der Waals surface area contributed by atoms with E-state index < -0.39 is 17.4 Å².